The summed E-state index contributed by atoms with van der Waals surface area (Å²) >= 11 is 0. The first-order valence-corrected chi connectivity index (χ1v) is 18.7. The molecule has 9 aromatic carbocycles. The highest BCUT2D eigenvalue weighted by Crippen LogP contribution is 2.41. The fraction of sp³-hybridized carbons (Fsp3) is 0. The molecule has 0 aliphatic carbocycles. The van der Waals surface area contributed by atoms with Crippen molar-refractivity contribution < 1.29 is 0 Å². The van der Waals surface area contributed by atoms with Gasteiger partial charge in [-0.15, -0.1) is 0 Å². The summed E-state index contributed by atoms with van der Waals surface area (Å²) in [4.78, 5) is 10.6. The van der Waals surface area contributed by atoms with Crippen molar-refractivity contribution in [3.8, 4) is 50.7 Å². The van der Waals surface area contributed by atoms with E-state index in [4.69, 9.17) is 9.97 Å². The van der Waals surface area contributed by atoms with Crippen LogP contribution in [0.3, 0.4) is 0 Å². The Labute approximate surface area is 318 Å². The topological polar surface area (TPSA) is 30.7 Å². The van der Waals surface area contributed by atoms with E-state index in [2.05, 4.69) is 199 Å². The molecule has 0 fully saturated rings. The van der Waals surface area contributed by atoms with Crippen LogP contribution in [0.15, 0.2) is 200 Å². The lowest BCUT2D eigenvalue weighted by Gasteiger charge is -2.15. The van der Waals surface area contributed by atoms with Crippen LogP contribution in [-0.4, -0.2) is 14.5 Å². The molecule has 0 saturated heterocycles. The molecule has 55 heavy (non-hydrogen) atoms. The van der Waals surface area contributed by atoms with Crippen LogP contribution >= 0.6 is 0 Å². The lowest BCUT2D eigenvalue weighted by atomic mass is 9.91. The number of aromatic nitrogens is 3. The Hall–Kier alpha value is -7.36. The summed E-state index contributed by atoms with van der Waals surface area (Å²) in [5.74, 6) is 0.703. The molecule has 0 amide bonds. The highest BCUT2D eigenvalue weighted by molar-refractivity contribution is 6.20. The molecule has 2 aromatic heterocycles. The fourth-order valence-electron chi connectivity index (χ4n) is 8.40. The zero-order valence-corrected chi connectivity index (χ0v) is 29.9. The van der Waals surface area contributed by atoms with Gasteiger partial charge in [-0.3, -0.25) is 0 Å². The molecule has 0 aliphatic heterocycles. The monoisotopic (exact) mass is 699 g/mol. The summed E-state index contributed by atoms with van der Waals surface area (Å²) in [6, 6.07) is 71.5. The maximum Gasteiger partial charge on any atom is 0.160 e. The summed E-state index contributed by atoms with van der Waals surface area (Å²) in [5.41, 5.74) is 10.7. The van der Waals surface area contributed by atoms with Gasteiger partial charge in [-0.05, 0) is 85.9 Å². The van der Waals surface area contributed by atoms with Gasteiger partial charge in [0.15, 0.2) is 5.82 Å². The lowest BCUT2D eigenvalue weighted by molar-refractivity contribution is 1.18. The quantitative estimate of drug-likeness (QED) is 0.132. The third kappa shape index (κ3) is 5.20. The van der Waals surface area contributed by atoms with Gasteiger partial charge in [0, 0.05) is 33.2 Å². The van der Waals surface area contributed by atoms with Crippen LogP contribution in [-0.2, 0) is 0 Å². The third-order valence-electron chi connectivity index (χ3n) is 11.0. The molecule has 0 saturated carbocycles. The number of hydrogen-bond acceptors (Lipinski definition) is 2. The molecule has 0 spiro atoms. The van der Waals surface area contributed by atoms with E-state index in [0.29, 0.717) is 5.82 Å². The Balaban J connectivity index is 1.12. The van der Waals surface area contributed by atoms with Crippen molar-refractivity contribution in [2.75, 3.05) is 0 Å². The van der Waals surface area contributed by atoms with Gasteiger partial charge in [-0.1, -0.05) is 158 Å². The van der Waals surface area contributed by atoms with Gasteiger partial charge in [-0.25, -0.2) is 9.97 Å². The molecule has 3 heteroatoms. The number of fused-ring (bicyclic) bond motifs is 7. The van der Waals surface area contributed by atoms with E-state index in [1.54, 1.807) is 0 Å². The van der Waals surface area contributed by atoms with E-state index in [9.17, 15) is 0 Å². The van der Waals surface area contributed by atoms with E-state index < -0.39 is 0 Å². The van der Waals surface area contributed by atoms with Crippen molar-refractivity contribution in [2.45, 2.75) is 0 Å². The van der Waals surface area contributed by atoms with Crippen LogP contribution in [0.25, 0.3) is 105 Å². The molecule has 0 aliphatic rings. The van der Waals surface area contributed by atoms with Crippen molar-refractivity contribution in [3.63, 3.8) is 0 Å². The minimum atomic E-state index is 0.703. The highest BCUT2D eigenvalue weighted by Gasteiger charge is 2.18. The lowest BCUT2D eigenvalue weighted by Crippen LogP contribution is -1.97. The van der Waals surface area contributed by atoms with Crippen LogP contribution in [0.2, 0.25) is 0 Å². The summed E-state index contributed by atoms with van der Waals surface area (Å²) in [7, 11) is 0. The number of nitrogens with zero attached hydrogens (tertiary/aromatic N) is 3. The second-order valence-electron chi connectivity index (χ2n) is 14.2. The predicted octanol–water partition coefficient (Wildman–Crippen LogP) is 13.7. The highest BCUT2D eigenvalue weighted by atomic mass is 15.0. The van der Waals surface area contributed by atoms with Crippen LogP contribution in [0.1, 0.15) is 0 Å². The van der Waals surface area contributed by atoms with Gasteiger partial charge in [0.25, 0.3) is 0 Å². The van der Waals surface area contributed by atoms with Gasteiger partial charge in [0.05, 0.1) is 22.4 Å². The zero-order valence-electron chi connectivity index (χ0n) is 29.9. The van der Waals surface area contributed by atoms with E-state index in [-0.39, 0.29) is 0 Å². The Morgan fingerprint density at radius 3 is 1.78 bits per heavy atom. The molecule has 11 rings (SSSR count). The van der Waals surface area contributed by atoms with Crippen LogP contribution in [0, 0.1) is 0 Å². The molecule has 2 heterocycles. The molecule has 0 atom stereocenters. The summed E-state index contributed by atoms with van der Waals surface area (Å²) < 4.78 is 2.37. The van der Waals surface area contributed by atoms with Crippen LogP contribution in [0.5, 0.6) is 0 Å². The van der Waals surface area contributed by atoms with Gasteiger partial charge in [0.2, 0.25) is 0 Å². The maximum atomic E-state index is 5.34. The molecular weight excluding hydrogens is 667 g/mol. The maximum absolute atomic E-state index is 5.34. The Bertz CT molecular complexity index is 3250. The van der Waals surface area contributed by atoms with Crippen molar-refractivity contribution in [1.82, 2.24) is 14.5 Å². The van der Waals surface area contributed by atoms with Crippen LogP contribution < -0.4 is 0 Å². The summed E-state index contributed by atoms with van der Waals surface area (Å²) in [6.45, 7) is 0. The summed E-state index contributed by atoms with van der Waals surface area (Å²) in [6.07, 6.45) is 0. The molecule has 0 N–H and O–H groups in total. The Morgan fingerprint density at radius 1 is 0.309 bits per heavy atom. The fourth-order valence-corrected chi connectivity index (χ4v) is 8.40. The molecule has 0 bridgehead atoms. The Kier molecular flexibility index (Phi) is 7.17. The number of para-hydroxylation sites is 2. The molecule has 0 unspecified atom stereocenters. The minimum Gasteiger partial charge on any atom is -0.309 e. The van der Waals surface area contributed by atoms with E-state index in [0.717, 1.165) is 44.9 Å². The second kappa shape index (κ2) is 12.6. The van der Waals surface area contributed by atoms with Gasteiger partial charge >= 0.3 is 0 Å². The van der Waals surface area contributed by atoms with E-state index in [1.807, 2.05) is 6.07 Å². The zero-order chi connectivity index (χ0) is 36.3. The van der Waals surface area contributed by atoms with Gasteiger partial charge < -0.3 is 4.57 Å². The molecule has 256 valence electrons. The predicted molar refractivity (Wildman–Crippen MR) is 231 cm³/mol. The minimum absolute atomic E-state index is 0.703. The number of hydrogen-bond donors (Lipinski definition) is 0. The first-order chi connectivity index (χ1) is 27.3. The van der Waals surface area contributed by atoms with Crippen molar-refractivity contribution in [2.24, 2.45) is 0 Å². The average molecular weight is 700 g/mol. The molecular formula is C52H33N3. The van der Waals surface area contributed by atoms with Crippen molar-refractivity contribution in [1.29, 1.82) is 0 Å². The van der Waals surface area contributed by atoms with Crippen molar-refractivity contribution in [3.05, 3.63) is 200 Å². The van der Waals surface area contributed by atoms with Crippen molar-refractivity contribution >= 4 is 54.1 Å². The number of benzene rings is 9. The van der Waals surface area contributed by atoms with E-state index >= 15 is 0 Å². The first kappa shape index (κ1) is 31.2. The van der Waals surface area contributed by atoms with Gasteiger partial charge in [0.1, 0.15) is 0 Å². The first-order valence-electron chi connectivity index (χ1n) is 18.7. The number of rotatable bonds is 5. The second-order valence-corrected chi connectivity index (χ2v) is 14.2. The van der Waals surface area contributed by atoms with E-state index in [1.165, 1.54) is 54.1 Å². The Morgan fingerprint density at radius 2 is 0.927 bits per heavy atom. The SMILES string of the molecule is c1ccc(-c2nc(-c3cccc(-c4ccc5c6ccccc6n(-c6ccccc6)c5c4)c3)cc(-c3c4ccccc4cc4c3ccc3ccccc34)n2)cc1. The third-order valence-corrected chi connectivity index (χ3v) is 11.0. The largest absolute Gasteiger partial charge is 0.309 e. The summed E-state index contributed by atoms with van der Waals surface area (Å²) in [5, 5.41) is 9.71. The normalized spacial score (nSPS) is 11.6. The molecule has 0 radical (unpaired) electrons. The molecule has 11 aromatic rings. The molecule has 3 nitrogen and oxygen atoms in total. The van der Waals surface area contributed by atoms with Crippen LogP contribution in [0.4, 0.5) is 0 Å². The average Bonchev–Trinajstić information content (AvgIpc) is 3.59. The smallest absolute Gasteiger partial charge is 0.160 e. The van der Waals surface area contributed by atoms with Gasteiger partial charge in [-0.2, -0.15) is 0 Å². The standard InChI is InChI=1S/C52H33N3/c1-3-15-35(16-4-1)52-53-47(33-48(54-52)51-42-23-10-8-17-38(42)31-46-41-22-9-7-14-34(41)26-29-45(46)51)39-19-13-18-36(30-39)37-27-28-44-43-24-11-12-25-49(43)55(50(44)32-37)40-20-5-2-6-21-40/h1-33H.